The highest BCUT2D eigenvalue weighted by Gasteiger charge is 2.06. The van der Waals surface area contributed by atoms with Crippen molar-refractivity contribution >= 4 is 5.78 Å². The standard InChI is InChI=1S/C14H20O3/c1-10(2)9-16-12(4)17-14-7-5-13(6-8-14)11(3)15/h5-8,10,12H,9H2,1-4H3. The largest absolute Gasteiger partial charge is 0.465 e. The molecule has 0 bridgehead atoms. The van der Waals surface area contributed by atoms with Gasteiger partial charge in [0, 0.05) is 5.56 Å². The first-order valence-corrected chi connectivity index (χ1v) is 5.88. The molecule has 0 aromatic heterocycles. The normalized spacial score (nSPS) is 12.5. The molecule has 3 nitrogen and oxygen atoms in total. The second kappa shape index (κ2) is 6.40. The van der Waals surface area contributed by atoms with Crippen LogP contribution >= 0.6 is 0 Å². The van der Waals surface area contributed by atoms with Crippen molar-refractivity contribution < 1.29 is 14.3 Å². The van der Waals surface area contributed by atoms with E-state index in [1.165, 1.54) is 0 Å². The summed E-state index contributed by atoms with van der Waals surface area (Å²) >= 11 is 0. The van der Waals surface area contributed by atoms with Gasteiger partial charge >= 0.3 is 0 Å². The summed E-state index contributed by atoms with van der Waals surface area (Å²) in [7, 11) is 0. The highest BCUT2D eigenvalue weighted by atomic mass is 16.7. The fraction of sp³-hybridized carbons (Fsp3) is 0.500. The Morgan fingerprint density at radius 3 is 2.24 bits per heavy atom. The number of carbonyl (C=O) groups excluding carboxylic acids is 1. The van der Waals surface area contributed by atoms with Crippen molar-refractivity contribution in [2.45, 2.75) is 34.0 Å². The molecular formula is C14H20O3. The summed E-state index contributed by atoms with van der Waals surface area (Å²) in [5, 5.41) is 0. The average Bonchev–Trinajstić information content (AvgIpc) is 2.27. The van der Waals surface area contributed by atoms with Gasteiger partial charge < -0.3 is 9.47 Å². The van der Waals surface area contributed by atoms with Crippen molar-refractivity contribution in [3.63, 3.8) is 0 Å². The van der Waals surface area contributed by atoms with Gasteiger partial charge in [0.1, 0.15) is 5.75 Å². The Balaban J connectivity index is 2.48. The third kappa shape index (κ3) is 5.00. The average molecular weight is 236 g/mol. The van der Waals surface area contributed by atoms with Gasteiger partial charge in [-0.3, -0.25) is 4.79 Å². The van der Waals surface area contributed by atoms with Crippen LogP contribution in [0.25, 0.3) is 0 Å². The molecule has 1 aromatic rings. The van der Waals surface area contributed by atoms with E-state index in [1.54, 1.807) is 31.2 Å². The van der Waals surface area contributed by atoms with Crippen molar-refractivity contribution in [1.82, 2.24) is 0 Å². The summed E-state index contributed by atoms with van der Waals surface area (Å²) in [6, 6.07) is 7.08. The minimum atomic E-state index is -0.277. The molecule has 1 aromatic carbocycles. The molecular weight excluding hydrogens is 216 g/mol. The van der Waals surface area contributed by atoms with Gasteiger partial charge in [0.25, 0.3) is 0 Å². The van der Waals surface area contributed by atoms with E-state index < -0.39 is 0 Å². The number of Topliss-reactive ketones (excluding diaryl/α,β-unsaturated/α-hetero) is 1. The van der Waals surface area contributed by atoms with Crippen molar-refractivity contribution in [2.24, 2.45) is 5.92 Å². The molecule has 0 heterocycles. The van der Waals surface area contributed by atoms with Gasteiger partial charge in [0.15, 0.2) is 12.1 Å². The maximum atomic E-state index is 11.1. The van der Waals surface area contributed by atoms with E-state index in [2.05, 4.69) is 13.8 Å². The lowest BCUT2D eigenvalue weighted by atomic mass is 10.1. The van der Waals surface area contributed by atoms with Crippen LogP contribution in [0.15, 0.2) is 24.3 Å². The molecule has 0 amide bonds. The number of carbonyl (C=O) groups is 1. The van der Waals surface area contributed by atoms with Crippen LogP contribution in [-0.4, -0.2) is 18.7 Å². The molecule has 17 heavy (non-hydrogen) atoms. The number of hydrogen-bond donors (Lipinski definition) is 0. The molecule has 0 spiro atoms. The van der Waals surface area contributed by atoms with Crippen LogP contribution in [0, 0.1) is 5.92 Å². The maximum Gasteiger partial charge on any atom is 0.196 e. The zero-order valence-corrected chi connectivity index (χ0v) is 10.9. The van der Waals surface area contributed by atoms with Gasteiger partial charge in [-0.05, 0) is 44.0 Å². The van der Waals surface area contributed by atoms with Crippen LogP contribution in [0.1, 0.15) is 38.1 Å². The molecule has 0 aliphatic heterocycles. The van der Waals surface area contributed by atoms with E-state index in [1.807, 2.05) is 6.92 Å². The van der Waals surface area contributed by atoms with Gasteiger partial charge in [-0.25, -0.2) is 0 Å². The van der Waals surface area contributed by atoms with Gasteiger partial charge in [-0.15, -0.1) is 0 Å². The summed E-state index contributed by atoms with van der Waals surface area (Å²) < 4.78 is 11.1. The van der Waals surface area contributed by atoms with E-state index >= 15 is 0 Å². The molecule has 1 atom stereocenters. The molecule has 94 valence electrons. The Morgan fingerprint density at radius 2 is 1.76 bits per heavy atom. The van der Waals surface area contributed by atoms with Crippen molar-refractivity contribution in [1.29, 1.82) is 0 Å². The predicted octanol–water partition coefficient (Wildman–Crippen LogP) is 3.29. The Kier molecular flexibility index (Phi) is 5.16. The first-order valence-electron chi connectivity index (χ1n) is 5.88. The first kappa shape index (κ1) is 13.7. The molecule has 0 fully saturated rings. The van der Waals surface area contributed by atoms with Gasteiger partial charge in [0.05, 0.1) is 6.61 Å². The van der Waals surface area contributed by atoms with Crippen molar-refractivity contribution in [2.75, 3.05) is 6.61 Å². The van der Waals surface area contributed by atoms with E-state index in [0.29, 0.717) is 23.8 Å². The van der Waals surface area contributed by atoms with E-state index in [4.69, 9.17) is 9.47 Å². The molecule has 0 N–H and O–H groups in total. The number of benzene rings is 1. The summed E-state index contributed by atoms with van der Waals surface area (Å²) in [4.78, 5) is 11.1. The number of hydrogen-bond acceptors (Lipinski definition) is 3. The van der Waals surface area contributed by atoms with Crippen LogP contribution < -0.4 is 4.74 Å². The highest BCUT2D eigenvalue weighted by molar-refractivity contribution is 5.94. The zero-order chi connectivity index (χ0) is 12.8. The fourth-order valence-corrected chi connectivity index (χ4v) is 1.32. The van der Waals surface area contributed by atoms with Gasteiger partial charge in [0.2, 0.25) is 0 Å². The lowest BCUT2D eigenvalue weighted by Gasteiger charge is -2.16. The minimum absolute atomic E-state index is 0.0562. The second-order valence-electron chi connectivity index (χ2n) is 4.49. The van der Waals surface area contributed by atoms with Crippen LogP contribution in [0.5, 0.6) is 5.75 Å². The lowest BCUT2D eigenvalue weighted by Crippen LogP contribution is -2.19. The van der Waals surface area contributed by atoms with Crippen LogP contribution in [0.4, 0.5) is 0 Å². The molecule has 1 rings (SSSR count). The van der Waals surface area contributed by atoms with Crippen LogP contribution in [0.3, 0.4) is 0 Å². The fourth-order valence-electron chi connectivity index (χ4n) is 1.32. The zero-order valence-electron chi connectivity index (χ0n) is 10.9. The quantitative estimate of drug-likeness (QED) is 0.561. The summed E-state index contributed by atoms with van der Waals surface area (Å²) in [5.74, 6) is 1.26. The number of ether oxygens (including phenoxy) is 2. The van der Waals surface area contributed by atoms with Crippen LogP contribution in [0.2, 0.25) is 0 Å². The van der Waals surface area contributed by atoms with Crippen molar-refractivity contribution in [3.05, 3.63) is 29.8 Å². The third-order valence-corrected chi connectivity index (χ3v) is 2.23. The number of ketones is 1. The number of rotatable bonds is 6. The summed E-state index contributed by atoms with van der Waals surface area (Å²) in [5.41, 5.74) is 0.688. The van der Waals surface area contributed by atoms with Gasteiger partial charge in [-0.1, -0.05) is 13.8 Å². The smallest absolute Gasteiger partial charge is 0.196 e. The Labute approximate surface area is 103 Å². The summed E-state index contributed by atoms with van der Waals surface area (Å²) in [6.45, 7) is 8.26. The summed E-state index contributed by atoms with van der Waals surface area (Å²) in [6.07, 6.45) is -0.277. The first-order chi connectivity index (χ1) is 7.99. The maximum absolute atomic E-state index is 11.1. The molecule has 0 saturated carbocycles. The Hall–Kier alpha value is -1.35. The molecule has 0 aliphatic carbocycles. The topological polar surface area (TPSA) is 35.5 Å². The molecule has 3 heteroatoms. The van der Waals surface area contributed by atoms with E-state index in [-0.39, 0.29) is 12.1 Å². The minimum Gasteiger partial charge on any atom is -0.465 e. The lowest BCUT2D eigenvalue weighted by molar-refractivity contribution is -0.0755. The van der Waals surface area contributed by atoms with Crippen LogP contribution in [-0.2, 0) is 4.74 Å². The van der Waals surface area contributed by atoms with E-state index in [9.17, 15) is 4.79 Å². The predicted molar refractivity (Wildman–Crippen MR) is 67.3 cm³/mol. The SMILES string of the molecule is CC(=O)c1ccc(OC(C)OCC(C)C)cc1. The van der Waals surface area contributed by atoms with Gasteiger partial charge in [-0.2, -0.15) is 0 Å². The second-order valence-corrected chi connectivity index (χ2v) is 4.49. The third-order valence-electron chi connectivity index (χ3n) is 2.23. The Bertz CT molecular complexity index is 354. The molecule has 0 aliphatic rings. The Morgan fingerprint density at radius 1 is 1.18 bits per heavy atom. The highest BCUT2D eigenvalue weighted by Crippen LogP contribution is 2.14. The molecule has 0 radical (unpaired) electrons. The monoisotopic (exact) mass is 236 g/mol. The molecule has 0 saturated heterocycles. The molecule has 1 unspecified atom stereocenters. The van der Waals surface area contributed by atoms with Crippen molar-refractivity contribution in [3.8, 4) is 5.75 Å². The van der Waals surface area contributed by atoms with E-state index in [0.717, 1.165) is 0 Å².